The largest absolute Gasteiger partial charge is 0.322 e. The van der Waals surface area contributed by atoms with Gasteiger partial charge < -0.3 is 5.32 Å². The van der Waals surface area contributed by atoms with Crippen LogP contribution in [-0.2, 0) is 24.7 Å². The van der Waals surface area contributed by atoms with Gasteiger partial charge in [0.2, 0.25) is 5.91 Å². The van der Waals surface area contributed by atoms with E-state index in [-0.39, 0.29) is 22.4 Å². The number of thiophene rings is 1. The number of sulfonamides is 1. The number of fused-ring (bicyclic) bond motifs is 1. The van der Waals surface area contributed by atoms with E-state index in [2.05, 4.69) is 10.4 Å². The van der Waals surface area contributed by atoms with Gasteiger partial charge in [-0.05, 0) is 55.1 Å². The van der Waals surface area contributed by atoms with E-state index < -0.39 is 31.7 Å². The normalized spacial score (nSPS) is 16.9. The van der Waals surface area contributed by atoms with E-state index in [0.717, 1.165) is 11.8 Å². The molecule has 1 aliphatic heterocycles. The molecule has 1 aromatic carbocycles. The molecule has 2 N–H and O–H groups in total. The maximum Gasteiger partial charge on any atom is 0.264 e. The predicted octanol–water partition coefficient (Wildman–Crippen LogP) is 2.90. The summed E-state index contributed by atoms with van der Waals surface area (Å²) in [5, 5.41) is 9.77. The Morgan fingerprint density at radius 1 is 1.16 bits per heavy atom. The van der Waals surface area contributed by atoms with E-state index in [4.69, 9.17) is 4.98 Å². The number of nitrogens with zero attached hydrogens (tertiary/aromatic N) is 3. The fourth-order valence-electron chi connectivity index (χ4n) is 4.43. The quantitative estimate of drug-likeness (QED) is 0.356. The highest BCUT2D eigenvalue weighted by molar-refractivity contribution is 7.91. The van der Waals surface area contributed by atoms with Gasteiger partial charge in [-0.1, -0.05) is 6.07 Å². The van der Waals surface area contributed by atoms with Crippen molar-refractivity contribution >= 4 is 59.7 Å². The van der Waals surface area contributed by atoms with Crippen LogP contribution < -0.4 is 10.0 Å². The van der Waals surface area contributed by atoms with Crippen LogP contribution in [0.2, 0.25) is 0 Å². The van der Waals surface area contributed by atoms with Crippen LogP contribution in [0, 0.1) is 6.92 Å². The van der Waals surface area contributed by atoms with Crippen LogP contribution in [0.1, 0.15) is 35.4 Å². The fourth-order valence-corrected chi connectivity index (χ4v) is 7.80. The van der Waals surface area contributed by atoms with Gasteiger partial charge in [0.1, 0.15) is 0 Å². The average Bonchev–Trinajstić information content (AvgIpc) is 3.57. The first-order valence-corrected chi connectivity index (χ1v) is 15.7. The maximum atomic E-state index is 13.5. The molecule has 4 aromatic rings. The Morgan fingerprint density at radius 2 is 1.89 bits per heavy atom. The number of hydrogen-bond donors (Lipinski definition) is 2. The number of amides is 2. The number of rotatable bonds is 6. The molecule has 0 spiro atoms. The molecule has 38 heavy (non-hydrogen) atoms. The molecule has 1 fully saturated rings. The Morgan fingerprint density at radius 3 is 2.50 bits per heavy atom. The van der Waals surface area contributed by atoms with Crippen molar-refractivity contribution < 1.29 is 26.4 Å². The first-order valence-electron chi connectivity index (χ1n) is 11.5. The minimum Gasteiger partial charge on any atom is -0.322 e. The third-order valence-electron chi connectivity index (χ3n) is 6.11. The topological polar surface area (TPSA) is 157 Å². The van der Waals surface area contributed by atoms with E-state index in [9.17, 15) is 26.4 Å². The van der Waals surface area contributed by atoms with E-state index in [1.807, 2.05) is 22.2 Å². The summed E-state index contributed by atoms with van der Waals surface area (Å²) in [7, 11) is -7.19. The molecule has 2 amide bonds. The molecule has 0 aliphatic carbocycles. The van der Waals surface area contributed by atoms with Gasteiger partial charge in [-0.3, -0.25) is 9.59 Å². The molecule has 14 heteroatoms. The van der Waals surface area contributed by atoms with E-state index in [1.165, 1.54) is 35.6 Å². The van der Waals surface area contributed by atoms with Crippen molar-refractivity contribution in [1.82, 2.24) is 19.5 Å². The lowest BCUT2D eigenvalue weighted by Crippen LogP contribution is -2.28. The Bertz CT molecular complexity index is 1780. The molecule has 5 rings (SSSR count). The lowest BCUT2D eigenvalue weighted by atomic mass is 10.1. The Balaban J connectivity index is 1.54. The lowest BCUT2D eigenvalue weighted by Gasteiger charge is -2.12. The smallest absolute Gasteiger partial charge is 0.264 e. The number of benzene rings is 1. The monoisotopic (exact) mass is 573 g/mol. The summed E-state index contributed by atoms with van der Waals surface area (Å²) in [5.74, 6) is -1.14. The van der Waals surface area contributed by atoms with Crippen molar-refractivity contribution in [2.75, 3.05) is 16.8 Å². The highest BCUT2D eigenvalue weighted by Crippen LogP contribution is 2.33. The molecule has 1 unspecified atom stereocenters. The van der Waals surface area contributed by atoms with Gasteiger partial charge in [0.15, 0.2) is 15.5 Å². The second kappa shape index (κ2) is 9.60. The summed E-state index contributed by atoms with van der Waals surface area (Å²) >= 11 is 1.46. The molecule has 1 atom stereocenters. The van der Waals surface area contributed by atoms with Crippen molar-refractivity contribution in [2.24, 2.45) is 0 Å². The number of aryl methyl sites for hydroxylation is 1. The summed E-state index contributed by atoms with van der Waals surface area (Å²) in [6, 6.07) is 10.4. The van der Waals surface area contributed by atoms with Crippen molar-refractivity contribution in [3.63, 3.8) is 0 Å². The minimum absolute atomic E-state index is 0.0383. The molecule has 4 heterocycles. The summed E-state index contributed by atoms with van der Waals surface area (Å²) in [6.45, 7) is 2.84. The lowest BCUT2D eigenvalue weighted by molar-refractivity contribution is -0.117. The molecule has 3 aromatic heterocycles. The summed E-state index contributed by atoms with van der Waals surface area (Å²) < 4.78 is 52.2. The predicted molar refractivity (Wildman–Crippen MR) is 143 cm³/mol. The number of nitrogens with one attached hydrogen (secondary N) is 2. The van der Waals surface area contributed by atoms with Gasteiger partial charge in [-0.2, -0.15) is 5.10 Å². The summed E-state index contributed by atoms with van der Waals surface area (Å²) in [6.07, 6.45) is 0.415. The molecule has 1 saturated heterocycles. The van der Waals surface area contributed by atoms with Crippen molar-refractivity contribution in [2.45, 2.75) is 31.2 Å². The van der Waals surface area contributed by atoms with Crippen LogP contribution in [-0.4, -0.2) is 54.9 Å². The van der Waals surface area contributed by atoms with Gasteiger partial charge >= 0.3 is 0 Å². The Hall–Kier alpha value is -3.62. The molecular weight excluding hydrogens is 550 g/mol. The minimum atomic E-state index is -4.01. The van der Waals surface area contributed by atoms with Crippen LogP contribution in [0.5, 0.6) is 0 Å². The van der Waals surface area contributed by atoms with Crippen molar-refractivity contribution in [3.8, 4) is 10.6 Å². The third-order valence-corrected chi connectivity index (χ3v) is 10.2. The zero-order valence-electron chi connectivity index (χ0n) is 20.3. The number of anilines is 1. The number of aromatic nitrogens is 3. The Labute approximate surface area is 222 Å². The van der Waals surface area contributed by atoms with Gasteiger partial charge in [-0.25, -0.2) is 31.2 Å². The highest BCUT2D eigenvalue weighted by Gasteiger charge is 2.32. The summed E-state index contributed by atoms with van der Waals surface area (Å²) in [4.78, 5) is 30.2. The average molecular weight is 574 g/mol. The fraction of sp³-hybridized carbons (Fsp3) is 0.250. The second-order valence-electron chi connectivity index (χ2n) is 8.96. The van der Waals surface area contributed by atoms with Crippen molar-refractivity contribution in [3.05, 3.63) is 59.1 Å². The van der Waals surface area contributed by atoms with Gasteiger partial charge in [-0.15, -0.1) is 11.3 Å². The highest BCUT2D eigenvalue weighted by atomic mass is 32.2. The number of carbonyl (C=O) groups excluding carboxylic acids is 2. The first-order chi connectivity index (χ1) is 17.9. The maximum absolute atomic E-state index is 13.5. The molecule has 0 saturated carbocycles. The molecular formula is C24H23N5O6S3. The van der Waals surface area contributed by atoms with Crippen LogP contribution in [0.4, 0.5) is 5.69 Å². The SMILES string of the molecule is CC(=O)NS(=O)(=O)c1ccc(NC(=O)c2cc(-c3cccs3)nc3c2c(C)nn3C2CCS(=O)(=O)C2)cc1. The van der Waals surface area contributed by atoms with E-state index in [0.29, 0.717) is 40.1 Å². The Kier molecular flexibility index (Phi) is 6.57. The molecule has 0 radical (unpaired) electrons. The van der Waals surface area contributed by atoms with E-state index >= 15 is 0 Å². The molecule has 0 bridgehead atoms. The zero-order chi connectivity index (χ0) is 27.2. The van der Waals surface area contributed by atoms with Crippen LogP contribution in [0.25, 0.3) is 21.6 Å². The number of carbonyl (C=O) groups is 2. The molecule has 11 nitrogen and oxygen atoms in total. The number of sulfone groups is 1. The van der Waals surface area contributed by atoms with Gasteiger partial charge in [0.25, 0.3) is 15.9 Å². The second-order valence-corrected chi connectivity index (χ2v) is 13.8. The first kappa shape index (κ1) is 26.0. The van der Waals surface area contributed by atoms with Crippen LogP contribution >= 0.6 is 11.3 Å². The molecule has 198 valence electrons. The van der Waals surface area contributed by atoms with E-state index in [1.54, 1.807) is 17.7 Å². The molecule has 1 aliphatic rings. The van der Waals surface area contributed by atoms with Gasteiger partial charge in [0, 0.05) is 12.6 Å². The summed E-state index contributed by atoms with van der Waals surface area (Å²) in [5.41, 5.74) is 2.16. The zero-order valence-corrected chi connectivity index (χ0v) is 22.8. The number of hydrogen-bond acceptors (Lipinski definition) is 9. The van der Waals surface area contributed by atoms with Crippen LogP contribution in [0.3, 0.4) is 0 Å². The van der Waals surface area contributed by atoms with Crippen molar-refractivity contribution in [1.29, 1.82) is 0 Å². The van der Waals surface area contributed by atoms with Crippen LogP contribution in [0.15, 0.2) is 52.7 Å². The number of pyridine rings is 1. The third kappa shape index (κ3) is 5.06. The standard InChI is InChI=1S/C24H23N5O6S3/c1-14-22-19(24(31)25-16-5-7-18(8-6-16)38(34,35)28-15(2)30)12-20(21-4-3-10-36-21)26-23(22)29(27-14)17-9-11-37(32,33)13-17/h3-8,10,12,17H,9,11,13H2,1-2H3,(H,25,31)(H,28,30). The van der Waals surface area contributed by atoms with Gasteiger partial charge in [0.05, 0.1) is 49.7 Å².